The molecule has 0 saturated carbocycles. The first-order valence-electron chi connectivity index (χ1n) is 15.0. The third-order valence-corrected chi connectivity index (χ3v) is 8.98. The molecule has 0 radical (unpaired) electrons. The van der Waals surface area contributed by atoms with Crippen LogP contribution in [0, 0.1) is 23.2 Å². The second-order valence-corrected chi connectivity index (χ2v) is 14.7. The van der Waals surface area contributed by atoms with Gasteiger partial charge in [-0.25, -0.2) is 0 Å². The zero-order valence-electron chi connectivity index (χ0n) is 25.7. The van der Waals surface area contributed by atoms with E-state index >= 15 is 0 Å². The van der Waals surface area contributed by atoms with Crippen molar-refractivity contribution >= 4 is 17.8 Å². The summed E-state index contributed by atoms with van der Waals surface area (Å²) >= 11 is 0. The first kappa shape index (κ1) is 30.8. The molecular formula is C32H50N2O6. The standard InChI is InChI=1S/C32H50N2O6/c1-21(2)18-22(19-35)34-25-27(37)33(30(6,7)20-29(3,4)5)16-13-15-32(25)23(26(34)36)24-28(38)39-17-12-10-9-11-14-31(24,8)40-32/h11,13-15,21-25,35H,9-10,12,16-20H2,1-8H3/b14-11-/t22-,23+,24+,25?,31-,32+/m1/s1. The van der Waals surface area contributed by atoms with E-state index < -0.39 is 46.6 Å². The second-order valence-electron chi connectivity index (χ2n) is 14.7. The number of fused-ring (bicyclic) bond motifs is 2. The maximum atomic E-state index is 14.8. The second kappa shape index (κ2) is 10.9. The molecule has 0 bridgehead atoms. The van der Waals surface area contributed by atoms with E-state index in [4.69, 9.17) is 9.47 Å². The third kappa shape index (κ3) is 5.38. The van der Waals surface area contributed by atoms with E-state index in [1.807, 2.05) is 50.0 Å². The molecule has 8 nitrogen and oxygen atoms in total. The molecule has 4 aliphatic rings. The molecule has 1 unspecified atom stereocenters. The van der Waals surface area contributed by atoms with Crippen molar-refractivity contribution < 1.29 is 29.0 Å². The number of nitrogens with zero attached hydrogens (tertiary/aromatic N) is 2. The molecule has 1 N–H and O–H groups in total. The minimum atomic E-state index is -1.36. The number of rotatable bonds is 6. The Kier molecular flexibility index (Phi) is 8.38. The minimum absolute atomic E-state index is 0.0369. The summed E-state index contributed by atoms with van der Waals surface area (Å²) < 4.78 is 12.6. The van der Waals surface area contributed by atoms with Crippen molar-refractivity contribution in [3.63, 3.8) is 0 Å². The van der Waals surface area contributed by atoms with Crippen LogP contribution >= 0.6 is 0 Å². The van der Waals surface area contributed by atoms with Gasteiger partial charge in [0.15, 0.2) is 0 Å². The molecule has 4 rings (SSSR count). The molecule has 4 aliphatic heterocycles. The van der Waals surface area contributed by atoms with Crippen LogP contribution in [0.2, 0.25) is 0 Å². The van der Waals surface area contributed by atoms with Crippen LogP contribution in [0.5, 0.6) is 0 Å². The summed E-state index contributed by atoms with van der Waals surface area (Å²) in [4.78, 5) is 46.5. The average molecular weight is 559 g/mol. The number of aliphatic hydroxyl groups excluding tert-OH is 1. The average Bonchev–Trinajstić information content (AvgIpc) is 3.15. The third-order valence-electron chi connectivity index (χ3n) is 8.98. The van der Waals surface area contributed by atoms with Gasteiger partial charge in [-0.05, 0) is 64.2 Å². The number of hydrogen-bond acceptors (Lipinski definition) is 6. The summed E-state index contributed by atoms with van der Waals surface area (Å²) in [5.74, 6) is -2.67. The van der Waals surface area contributed by atoms with Gasteiger partial charge in [-0.1, -0.05) is 58.9 Å². The van der Waals surface area contributed by atoms with Gasteiger partial charge in [-0.15, -0.1) is 0 Å². The number of esters is 1. The molecule has 0 aromatic heterocycles. The van der Waals surface area contributed by atoms with Crippen LogP contribution in [0.3, 0.4) is 0 Å². The zero-order valence-corrected chi connectivity index (χ0v) is 25.7. The van der Waals surface area contributed by atoms with Gasteiger partial charge >= 0.3 is 5.97 Å². The van der Waals surface area contributed by atoms with Gasteiger partial charge in [0.25, 0.3) is 0 Å². The summed E-state index contributed by atoms with van der Waals surface area (Å²) in [5.41, 5.74) is -3.02. The summed E-state index contributed by atoms with van der Waals surface area (Å²) in [5, 5.41) is 10.5. The fourth-order valence-electron chi connectivity index (χ4n) is 7.89. The van der Waals surface area contributed by atoms with E-state index in [2.05, 4.69) is 34.6 Å². The van der Waals surface area contributed by atoms with Crippen LogP contribution < -0.4 is 0 Å². The number of amides is 2. The van der Waals surface area contributed by atoms with Crippen molar-refractivity contribution in [1.29, 1.82) is 0 Å². The van der Waals surface area contributed by atoms with Crippen LogP contribution in [0.1, 0.15) is 87.5 Å². The molecule has 0 aromatic rings. The Bertz CT molecular complexity index is 1060. The highest BCUT2D eigenvalue weighted by molar-refractivity contribution is 5.99. The van der Waals surface area contributed by atoms with Gasteiger partial charge in [0.2, 0.25) is 11.8 Å². The van der Waals surface area contributed by atoms with Gasteiger partial charge in [0, 0.05) is 12.1 Å². The maximum absolute atomic E-state index is 14.8. The first-order valence-corrected chi connectivity index (χ1v) is 15.0. The van der Waals surface area contributed by atoms with E-state index in [0.29, 0.717) is 13.0 Å². The Morgan fingerprint density at radius 2 is 1.73 bits per heavy atom. The normalized spacial score (nSPS) is 34.8. The number of carbonyl (C=O) groups excluding carboxylic acids is 3. The van der Waals surface area contributed by atoms with Crippen molar-refractivity contribution in [2.75, 3.05) is 19.8 Å². The number of ether oxygens (including phenoxy) is 2. The van der Waals surface area contributed by atoms with Gasteiger partial charge in [0.1, 0.15) is 17.6 Å². The SMILES string of the molecule is CC(C)C[C@H](CO)N1C(=O)[C@@H]2[C@H]3C(=O)OCCCC/C=C\[C@@]3(C)O[C@@]23C=CCN(C(C)(C)CC(C)(C)C)C(=O)C13. The summed E-state index contributed by atoms with van der Waals surface area (Å²) in [6.45, 7) is 16.9. The molecule has 6 atom stereocenters. The van der Waals surface area contributed by atoms with Crippen LogP contribution in [0.15, 0.2) is 24.3 Å². The van der Waals surface area contributed by atoms with E-state index in [1.165, 1.54) is 0 Å². The fourth-order valence-corrected chi connectivity index (χ4v) is 7.89. The van der Waals surface area contributed by atoms with Crippen LogP contribution in [-0.2, 0) is 23.9 Å². The zero-order chi connectivity index (χ0) is 29.7. The lowest BCUT2D eigenvalue weighted by atomic mass is 9.74. The lowest BCUT2D eigenvalue weighted by Crippen LogP contribution is -2.62. The smallest absolute Gasteiger partial charge is 0.313 e. The first-order chi connectivity index (χ1) is 18.6. The lowest BCUT2D eigenvalue weighted by Gasteiger charge is -2.46. The highest BCUT2D eigenvalue weighted by Crippen LogP contribution is 2.58. The van der Waals surface area contributed by atoms with Crippen LogP contribution in [0.25, 0.3) is 0 Å². The van der Waals surface area contributed by atoms with Crippen molar-refractivity contribution in [2.24, 2.45) is 23.2 Å². The molecule has 2 fully saturated rings. The van der Waals surface area contributed by atoms with Crippen molar-refractivity contribution in [3.05, 3.63) is 24.3 Å². The van der Waals surface area contributed by atoms with E-state index in [9.17, 15) is 19.5 Å². The molecule has 0 aliphatic carbocycles. The topological polar surface area (TPSA) is 96.4 Å². The Balaban J connectivity index is 1.89. The van der Waals surface area contributed by atoms with E-state index in [0.717, 1.165) is 25.7 Å². The van der Waals surface area contributed by atoms with Crippen LogP contribution in [-0.4, -0.2) is 81.3 Å². The minimum Gasteiger partial charge on any atom is -0.465 e. The summed E-state index contributed by atoms with van der Waals surface area (Å²) in [6, 6.07) is -1.58. The lowest BCUT2D eigenvalue weighted by molar-refractivity contribution is -0.163. The Hall–Kier alpha value is -2.19. The molecule has 2 amide bonds. The maximum Gasteiger partial charge on any atom is 0.313 e. The van der Waals surface area contributed by atoms with Crippen LogP contribution in [0.4, 0.5) is 0 Å². The number of aliphatic hydroxyl groups is 1. The molecule has 1 spiro atoms. The van der Waals surface area contributed by atoms with Crippen molar-refractivity contribution in [3.8, 4) is 0 Å². The predicted molar refractivity (Wildman–Crippen MR) is 153 cm³/mol. The number of allylic oxidation sites excluding steroid dienone is 1. The van der Waals surface area contributed by atoms with Gasteiger partial charge < -0.3 is 24.4 Å². The summed E-state index contributed by atoms with van der Waals surface area (Å²) in [7, 11) is 0. The Morgan fingerprint density at radius 1 is 1.02 bits per heavy atom. The molecule has 0 aromatic carbocycles. The van der Waals surface area contributed by atoms with Crippen molar-refractivity contribution in [1.82, 2.24) is 9.80 Å². The molecule has 224 valence electrons. The highest BCUT2D eigenvalue weighted by Gasteiger charge is 2.75. The number of carbonyl (C=O) groups is 3. The quantitative estimate of drug-likeness (QED) is 0.387. The Labute approximate surface area is 240 Å². The van der Waals surface area contributed by atoms with Gasteiger partial charge in [-0.3, -0.25) is 14.4 Å². The predicted octanol–water partition coefficient (Wildman–Crippen LogP) is 4.26. The number of hydrogen-bond donors (Lipinski definition) is 1. The molecule has 4 heterocycles. The summed E-state index contributed by atoms with van der Waals surface area (Å²) in [6.07, 6.45) is 11.4. The fraction of sp³-hybridized carbons (Fsp3) is 0.781. The van der Waals surface area contributed by atoms with Gasteiger partial charge in [0.05, 0.1) is 30.8 Å². The molecular weight excluding hydrogens is 508 g/mol. The van der Waals surface area contributed by atoms with E-state index in [-0.39, 0.29) is 36.4 Å². The molecule has 40 heavy (non-hydrogen) atoms. The number of likely N-dealkylation sites (tertiary alicyclic amines) is 1. The molecule has 2 saturated heterocycles. The Morgan fingerprint density at radius 3 is 2.35 bits per heavy atom. The molecule has 8 heteroatoms. The van der Waals surface area contributed by atoms with Crippen molar-refractivity contribution in [2.45, 2.75) is 116 Å². The van der Waals surface area contributed by atoms with E-state index in [1.54, 1.807) is 4.90 Å². The van der Waals surface area contributed by atoms with Gasteiger partial charge in [-0.2, -0.15) is 0 Å². The number of cyclic esters (lactones) is 1. The highest BCUT2D eigenvalue weighted by atomic mass is 16.6. The monoisotopic (exact) mass is 558 g/mol. The largest absolute Gasteiger partial charge is 0.465 e.